The van der Waals surface area contributed by atoms with Gasteiger partial charge in [0, 0.05) is 5.56 Å². The Morgan fingerprint density at radius 1 is 1.39 bits per heavy atom. The molecule has 0 amide bonds. The quantitative estimate of drug-likeness (QED) is 0.656. The van der Waals surface area contributed by atoms with Gasteiger partial charge in [0.1, 0.15) is 0 Å². The van der Waals surface area contributed by atoms with E-state index >= 15 is 0 Å². The molecule has 126 valence electrons. The number of alkyl halides is 2. The second kappa shape index (κ2) is 6.98. The summed E-state index contributed by atoms with van der Waals surface area (Å²) in [6.07, 6.45) is -1.86. The molecule has 0 aromatic heterocycles. The number of hydrogen-bond donors (Lipinski definition) is 1. The first-order valence-electron chi connectivity index (χ1n) is 6.55. The fourth-order valence-corrected chi connectivity index (χ4v) is 2.80. The molecule has 0 radical (unpaired) electrons. The van der Waals surface area contributed by atoms with Crippen LogP contribution in [0.25, 0.3) is 0 Å². The van der Waals surface area contributed by atoms with E-state index in [0.717, 1.165) is 7.11 Å². The standard InChI is InChI=1S/C14H14Cl2F2N2O3/c1-22-13-6(15)4-3-5(8(13)17)11-9(18)10(19)7(16)12(20-11)14(21)23-2/h3-4,7,9-10,12H,19H2,1-2H3. The van der Waals surface area contributed by atoms with Gasteiger partial charge in [0.15, 0.2) is 23.8 Å². The first-order valence-corrected chi connectivity index (χ1v) is 7.36. The summed E-state index contributed by atoms with van der Waals surface area (Å²) in [7, 11) is 2.36. The summed E-state index contributed by atoms with van der Waals surface area (Å²) < 4.78 is 38.4. The number of halogens is 4. The van der Waals surface area contributed by atoms with Crippen LogP contribution < -0.4 is 10.5 Å². The van der Waals surface area contributed by atoms with Gasteiger partial charge >= 0.3 is 5.97 Å². The zero-order valence-corrected chi connectivity index (χ0v) is 13.7. The predicted molar refractivity (Wildman–Crippen MR) is 82.8 cm³/mol. The molecule has 1 aromatic carbocycles. The van der Waals surface area contributed by atoms with Crippen LogP contribution in [0.4, 0.5) is 8.78 Å². The third kappa shape index (κ3) is 3.13. The lowest BCUT2D eigenvalue weighted by Crippen LogP contribution is -2.55. The van der Waals surface area contributed by atoms with Gasteiger partial charge in [0.25, 0.3) is 0 Å². The number of nitrogens with zero attached hydrogens (tertiary/aromatic N) is 1. The van der Waals surface area contributed by atoms with Crippen LogP contribution in [0.1, 0.15) is 5.56 Å². The van der Waals surface area contributed by atoms with Crippen molar-refractivity contribution >= 4 is 34.9 Å². The number of methoxy groups -OCH3 is 2. The number of carbonyl (C=O) groups is 1. The molecule has 5 nitrogen and oxygen atoms in total. The van der Waals surface area contributed by atoms with E-state index in [4.69, 9.17) is 33.7 Å². The van der Waals surface area contributed by atoms with Gasteiger partial charge in [-0.2, -0.15) is 0 Å². The first kappa shape index (κ1) is 17.9. The maximum Gasteiger partial charge on any atom is 0.332 e. The Kier molecular flexibility index (Phi) is 5.44. The Morgan fingerprint density at radius 2 is 2.04 bits per heavy atom. The van der Waals surface area contributed by atoms with Crippen molar-refractivity contribution in [3.8, 4) is 5.75 Å². The maximum absolute atomic E-state index is 14.5. The molecule has 4 unspecified atom stereocenters. The van der Waals surface area contributed by atoms with E-state index in [1.807, 2.05) is 0 Å². The molecule has 0 fully saturated rings. The van der Waals surface area contributed by atoms with Crippen molar-refractivity contribution in [2.75, 3.05) is 14.2 Å². The zero-order valence-electron chi connectivity index (χ0n) is 12.2. The SMILES string of the molecule is COC(=O)C1N=C(c2ccc(Cl)c(OC)c2F)C(F)C(N)C1Cl. The molecule has 0 spiro atoms. The summed E-state index contributed by atoms with van der Waals surface area (Å²) in [5.74, 6) is -1.94. The van der Waals surface area contributed by atoms with Crippen LogP contribution in [0.5, 0.6) is 5.75 Å². The highest BCUT2D eigenvalue weighted by Gasteiger charge is 2.43. The zero-order chi connectivity index (χ0) is 17.3. The number of aliphatic imine (C=N–C) groups is 1. The van der Waals surface area contributed by atoms with Gasteiger partial charge < -0.3 is 15.2 Å². The molecule has 23 heavy (non-hydrogen) atoms. The average Bonchev–Trinajstić information content (AvgIpc) is 2.53. The molecular formula is C14H14Cl2F2N2O3. The Hall–Kier alpha value is -1.44. The second-order valence-corrected chi connectivity index (χ2v) is 5.76. The van der Waals surface area contributed by atoms with Gasteiger partial charge in [-0.3, -0.25) is 4.99 Å². The smallest absolute Gasteiger partial charge is 0.332 e. The molecule has 0 aliphatic carbocycles. The van der Waals surface area contributed by atoms with E-state index < -0.39 is 35.4 Å². The summed E-state index contributed by atoms with van der Waals surface area (Å²) in [5, 5.41) is -1.09. The van der Waals surface area contributed by atoms with Crippen LogP contribution in [-0.4, -0.2) is 49.5 Å². The number of nitrogens with two attached hydrogens (primary N) is 1. The first-order chi connectivity index (χ1) is 10.8. The minimum Gasteiger partial charge on any atom is -0.492 e. The Morgan fingerprint density at radius 3 is 2.61 bits per heavy atom. The molecule has 0 saturated carbocycles. The van der Waals surface area contributed by atoms with Gasteiger partial charge in [-0.15, -0.1) is 11.6 Å². The maximum atomic E-state index is 14.5. The van der Waals surface area contributed by atoms with Gasteiger partial charge in [-0.25, -0.2) is 13.6 Å². The Bertz CT molecular complexity index is 657. The molecule has 4 atom stereocenters. The Labute approximate surface area is 141 Å². The van der Waals surface area contributed by atoms with Crippen molar-refractivity contribution in [2.45, 2.75) is 23.6 Å². The summed E-state index contributed by atoms with van der Waals surface area (Å²) in [6, 6.07) is 0.0786. The minimum atomic E-state index is -1.86. The lowest BCUT2D eigenvalue weighted by atomic mass is 9.91. The van der Waals surface area contributed by atoms with Gasteiger partial charge in [0.05, 0.1) is 36.4 Å². The third-order valence-electron chi connectivity index (χ3n) is 3.52. The molecule has 2 N–H and O–H groups in total. The molecule has 1 aliphatic heterocycles. The molecule has 1 heterocycles. The van der Waals surface area contributed by atoms with E-state index in [9.17, 15) is 13.6 Å². The monoisotopic (exact) mass is 366 g/mol. The van der Waals surface area contributed by atoms with E-state index in [2.05, 4.69) is 9.73 Å². The van der Waals surface area contributed by atoms with Gasteiger partial charge in [0.2, 0.25) is 0 Å². The van der Waals surface area contributed by atoms with Gasteiger partial charge in [-0.1, -0.05) is 11.6 Å². The largest absolute Gasteiger partial charge is 0.492 e. The van der Waals surface area contributed by atoms with Crippen LogP contribution >= 0.6 is 23.2 Å². The van der Waals surface area contributed by atoms with Crippen LogP contribution in [0.2, 0.25) is 5.02 Å². The topological polar surface area (TPSA) is 73.9 Å². The second-order valence-electron chi connectivity index (χ2n) is 4.85. The molecule has 2 rings (SSSR count). The van der Waals surface area contributed by atoms with Crippen LogP contribution in [0.3, 0.4) is 0 Å². The average molecular weight is 367 g/mol. The lowest BCUT2D eigenvalue weighted by molar-refractivity contribution is -0.142. The predicted octanol–water partition coefficient (Wildman–Crippen LogP) is 2.10. The normalized spacial score (nSPS) is 27.3. The summed E-state index contributed by atoms with van der Waals surface area (Å²) >= 11 is 11.8. The fourth-order valence-electron chi connectivity index (χ4n) is 2.29. The van der Waals surface area contributed by atoms with Crippen molar-refractivity contribution in [3.05, 3.63) is 28.5 Å². The number of ether oxygens (including phenoxy) is 2. The molecule has 1 aromatic rings. The van der Waals surface area contributed by atoms with E-state index in [-0.39, 0.29) is 22.0 Å². The van der Waals surface area contributed by atoms with Crippen LogP contribution in [-0.2, 0) is 9.53 Å². The Balaban J connectivity index is 2.58. The highest BCUT2D eigenvalue weighted by atomic mass is 35.5. The number of benzene rings is 1. The van der Waals surface area contributed by atoms with Crippen molar-refractivity contribution in [3.63, 3.8) is 0 Å². The molecule has 1 aliphatic rings. The molecular weight excluding hydrogens is 353 g/mol. The van der Waals surface area contributed by atoms with Crippen molar-refractivity contribution in [1.82, 2.24) is 0 Å². The summed E-state index contributed by atoms with van der Waals surface area (Å²) in [6.45, 7) is 0. The minimum absolute atomic E-state index is 0.0182. The van der Waals surface area contributed by atoms with E-state index in [0.29, 0.717) is 0 Å². The third-order valence-corrected chi connectivity index (χ3v) is 4.35. The summed E-state index contributed by atoms with van der Waals surface area (Å²) in [5.41, 5.74) is 5.17. The van der Waals surface area contributed by atoms with E-state index in [1.54, 1.807) is 0 Å². The van der Waals surface area contributed by atoms with E-state index in [1.165, 1.54) is 19.2 Å². The van der Waals surface area contributed by atoms with Crippen LogP contribution in [0, 0.1) is 5.82 Å². The summed E-state index contributed by atoms with van der Waals surface area (Å²) in [4.78, 5) is 15.7. The fraction of sp³-hybridized carbons (Fsp3) is 0.429. The highest BCUT2D eigenvalue weighted by molar-refractivity contribution is 6.32. The number of carbonyl (C=O) groups excluding carboxylic acids is 1. The lowest BCUT2D eigenvalue weighted by Gasteiger charge is -2.32. The molecule has 0 saturated heterocycles. The van der Waals surface area contributed by atoms with Gasteiger partial charge in [-0.05, 0) is 12.1 Å². The molecule has 9 heteroatoms. The highest BCUT2D eigenvalue weighted by Crippen LogP contribution is 2.33. The number of esters is 1. The molecule has 0 bridgehead atoms. The number of rotatable bonds is 3. The van der Waals surface area contributed by atoms with Crippen molar-refractivity contribution in [2.24, 2.45) is 10.7 Å². The number of hydrogen-bond acceptors (Lipinski definition) is 5. The van der Waals surface area contributed by atoms with Crippen molar-refractivity contribution < 1.29 is 23.0 Å². The van der Waals surface area contributed by atoms with Crippen molar-refractivity contribution in [1.29, 1.82) is 0 Å². The van der Waals surface area contributed by atoms with Crippen LogP contribution in [0.15, 0.2) is 17.1 Å².